The molecular formula is C18H24I2O4. The van der Waals surface area contributed by atoms with Gasteiger partial charge in [-0.3, -0.25) is 0 Å². The highest BCUT2D eigenvalue weighted by molar-refractivity contribution is 14.1. The van der Waals surface area contributed by atoms with Gasteiger partial charge in [0.2, 0.25) is 0 Å². The van der Waals surface area contributed by atoms with Crippen LogP contribution in [0.4, 0.5) is 0 Å². The molecule has 0 heterocycles. The standard InChI is InChI=1S/C18H24I2O4/c1-3-5-7-9-11-12(10-8-6-4-2)16(20)14(18(23)24)13(15(11)19)17(21)22/h3-10H2,1-2H3,(H,21,22)(H,23,24). The van der Waals surface area contributed by atoms with Crippen LogP contribution >= 0.6 is 45.2 Å². The van der Waals surface area contributed by atoms with Crippen LogP contribution < -0.4 is 0 Å². The molecule has 1 aromatic rings. The lowest BCUT2D eigenvalue weighted by molar-refractivity contribution is 0.0649. The first kappa shape index (κ1) is 21.7. The number of unbranched alkanes of at least 4 members (excludes halogenated alkanes) is 4. The third-order valence-corrected chi connectivity index (χ3v) is 6.45. The smallest absolute Gasteiger partial charge is 0.337 e. The van der Waals surface area contributed by atoms with Crippen molar-refractivity contribution in [1.29, 1.82) is 0 Å². The van der Waals surface area contributed by atoms with E-state index in [1.807, 2.05) is 45.2 Å². The second-order valence-electron chi connectivity index (χ2n) is 5.86. The van der Waals surface area contributed by atoms with Crippen molar-refractivity contribution in [1.82, 2.24) is 0 Å². The predicted octanol–water partition coefficient (Wildman–Crippen LogP) is 5.76. The van der Waals surface area contributed by atoms with Gasteiger partial charge in [-0.15, -0.1) is 0 Å². The number of hydrogen-bond acceptors (Lipinski definition) is 2. The summed E-state index contributed by atoms with van der Waals surface area (Å²) in [6.45, 7) is 4.26. The Bertz CT molecular complexity index is 559. The van der Waals surface area contributed by atoms with E-state index in [4.69, 9.17) is 0 Å². The van der Waals surface area contributed by atoms with Gasteiger partial charge in [0.15, 0.2) is 0 Å². The molecule has 0 aliphatic carbocycles. The van der Waals surface area contributed by atoms with Crippen LogP contribution in [0.1, 0.15) is 84.2 Å². The Morgan fingerprint density at radius 2 is 1.08 bits per heavy atom. The lowest BCUT2D eigenvalue weighted by atomic mass is 9.92. The van der Waals surface area contributed by atoms with Crippen molar-refractivity contribution in [2.75, 3.05) is 0 Å². The monoisotopic (exact) mass is 558 g/mol. The fourth-order valence-corrected chi connectivity index (χ4v) is 5.00. The summed E-state index contributed by atoms with van der Waals surface area (Å²) in [4.78, 5) is 23.4. The average Bonchev–Trinajstić information content (AvgIpc) is 2.51. The normalized spacial score (nSPS) is 10.8. The fourth-order valence-electron chi connectivity index (χ4n) is 2.81. The number of carboxylic acids is 2. The van der Waals surface area contributed by atoms with E-state index < -0.39 is 11.9 Å². The van der Waals surface area contributed by atoms with Crippen molar-refractivity contribution in [3.8, 4) is 0 Å². The van der Waals surface area contributed by atoms with Crippen LogP contribution in [0.25, 0.3) is 0 Å². The van der Waals surface area contributed by atoms with E-state index in [1.165, 1.54) is 0 Å². The second kappa shape index (κ2) is 10.6. The molecule has 0 bridgehead atoms. The summed E-state index contributed by atoms with van der Waals surface area (Å²) in [6, 6.07) is 0. The maximum absolute atomic E-state index is 11.7. The molecule has 1 rings (SSSR count). The van der Waals surface area contributed by atoms with E-state index in [2.05, 4.69) is 13.8 Å². The first-order chi connectivity index (χ1) is 11.4. The van der Waals surface area contributed by atoms with Gasteiger partial charge in [0, 0.05) is 7.14 Å². The average molecular weight is 558 g/mol. The molecule has 134 valence electrons. The number of halogens is 2. The number of aromatic carboxylic acids is 2. The summed E-state index contributed by atoms with van der Waals surface area (Å²) in [7, 11) is 0. The zero-order valence-corrected chi connectivity index (χ0v) is 18.4. The summed E-state index contributed by atoms with van der Waals surface area (Å²) in [5, 5.41) is 19.1. The van der Waals surface area contributed by atoms with Crippen LogP contribution in [-0.2, 0) is 12.8 Å². The van der Waals surface area contributed by atoms with Crippen LogP contribution in [0.15, 0.2) is 0 Å². The SMILES string of the molecule is CCCCCc1c(I)c(C(=O)O)c(C(=O)O)c(I)c1CCCCC. The van der Waals surface area contributed by atoms with Crippen LogP contribution in [0.2, 0.25) is 0 Å². The Hall–Kier alpha value is -0.380. The molecule has 0 spiro atoms. The van der Waals surface area contributed by atoms with E-state index in [1.54, 1.807) is 0 Å². The molecule has 0 aliphatic rings. The quantitative estimate of drug-likeness (QED) is 0.283. The lowest BCUT2D eigenvalue weighted by Crippen LogP contribution is -2.17. The van der Waals surface area contributed by atoms with Crippen LogP contribution in [0, 0.1) is 7.14 Å². The second-order valence-corrected chi connectivity index (χ2v) is 8.02. The molecule has 0 aromatic heterocycles. The molecule has 0 atom stereocenters. The maximum atomic E-state index is 11.7. The minimum Gasteiger partial charge on any atom is -0.478 e. The molecule has 0 saturated carbocycles. The number of carboxylic acid groups (broad SMARTS) is 2. The highest BCUT2D eigenvalue weighted by Gasteiger charge is 2.28. The Morgan fingerprint density at radius 1 is 0.750 bits per heavy atom. The summed E-state index contributed by atoms with van der Waals surface area (Å²) in [5.41, 5.74) is 1.95. The van der Waals surface area contributed by atoms with Crippen LogP contribution in [0.5, 0.6) is 0 Å². The van der Waals surface area contributed by atoms with Crippen molar-refractivity contribution in [3.63, 3.8) is 0 Å². The van der Waals surface area contributed by atoms with E-state index >= 15 is 0 Å². The van der Waals surface area contributed by atoms with Gasteiger partial charge in [-0.25, -0.2) is 9.59 Å². The molecule has 6 heteroatoms. The topological polar surface area (TPSA) is 74.6 Å². The predicted molar refractivity (Wildman–Crippen MR) is 112 cm³/mol. The summed E-state index contributed by atoms with van der Waals surface area (Å²) in [6.07, 6.45) is 7.97. The molecule has 0 radical (unpaired) electrons. The van der Waals surface area contributed by atoms with Crippen molar-refractivity contribution >= 4 is 57.1 Å². The largest absolute Gasteiger partial charge is 0.478 e. The number of hydrogen-bond donors (Lipinski definition) is 2. The first-order valence-corrected chi connectivity index (χ1v) is 10.5. The highest BCUT2D eigenvalue weighted by Crippen LogP contribution is 2.33. The van der Waals surface area contributed by atoms with E-state index in [9.17, 15) is 19.8 Å². The molecule has 24 heavy (non-hydrogen) atoms. The van der Waals surface area contributed by atoms with E-state index in [0.717, 1.165) is 62.5 Å². The first-order valence-electron chi connectivity index (χ1n) is 8.35. The fraction of sp³-hybridized carbons (Fsp3) is 0.556. The molecule has 1 aromatic carbocycles. The van der Waals surface area contributed by atoms with Gasteiger partial charge in [-0.2, -0.15) is 0 Å². The Labute approximate surface area is 170 Å². The van der Waals surface area contributed by atoms with E-state index in [-0.39, 0.29) is 11.1 Å². The number of benzene rings is 1. The molecule has 0 fully saturated rings. The van der Waals surface area contributed by atoms with Crippen molar-refractivity contribution in [2.45, 2.75) is 65.2 Å². The van der Waals surface area contributed by atoms with Gasteiger partial charge in [-0.1, -0.05) is 39.5 Å². The summed E-state index contributed by atoms with van der Waals surface area (Å²) in [5.74, 6) is -2.32. The van der Waals surface area contributed by atoms with Gasteiger partial charge < -0.3 is 10.2 Å². The molecule has 2 N–H and O–H groups in total. The van der Waals surface area contributed by atoms with Crippen molar-refractivity contribution in [3.05, 3.63) is 29.4 Å². The Balaban J connectivity index is 3.50. The van der Waals surface area contributed by atoms with Crippen molar-refractivity contribution < 1.29 is 19.8 Å². The Kier molecular flexibility index (Phi) is 9.54. The zero-order chi connectivity index (χ0) is 18.3. The third kappa shape index (κ3) is 5.31. The molecular weight excluding hydrogens is 534 g/mol. The van der Waals surface area contributed by atoms with Gasteiger partial charge in [0.25, 0.3) is 0 Å². The number of rotatable bonds is 10. The highest BCUT2D eigenvalue weighted by atomic mass is 127. The Morgan fingerprint density at radius 3 is 1.33 bits per heavy atom. The van der Waals surface area contributed by atoms with Gasteiger partial charge >= 0.3 is 11.9 Å². The van der Waals surface area contributed by atoms with Crippen molar-refractivity contribution in [2.24, 2.45) is 0 Å². The molecule has 0 saturated heterocycles. The van der Waals surface area contributed by atoms with Gasteiger partial charge in [-0.05, 0) is 82.0 Å². The summed E-state index contributed by atoms with van der Waals surface area (Å²) >= 11 is 4.05. The minimum atomic E-state index is -1.16. The molecule has 0 amide bonds. The van der Waals surface area contributed by atoms with Crippen LogP contribution in [0.3, 0.4) is 0 Å². The minimum absolute atomic E-state index is 0.0572. The van der Waals surface area contributed by atoms with E-state index in [0.29, 0.717) is 7.14 Å². The molecule has 4 nitrogen and oxygen atoms in total. The lowest BCUT2D eigenvalue weighted by Gasteiger charge is -2.19. The molecule has 0 aliphatic heterocycles. The summed E-state index contributed by atoms with van der Waals surface area (Å²) < 4.78 is 1.20. The third-order valence-electron chi connectivity index (χ3n) is 4.07. The number of carbonyl (C=O) groups is 2. The van der Waals surface area contributed by atoms with Crippen LogP contribution in [-0.4, -0.2) is 22.2 Å². The van der Waals surface area contributed by atoms with Gasteiger partial charge in [0.05, 0.1) is 11.1 Å². The molecule has 0 unspecified atom stereocenters. The van der Waals surface area contributed by atoms with Gasteiger partial charge in [0.1, 0.15) is 0 Å². The maximum Gasteiger partial charge on any atom is 0.337 e. The zero-order valence-electron chi connectivity index (χ0n) is 14.1.